The van der Waals surface area contributed by atoms with Gasteiger partial charge in [0.1, 0.15) is 17.1 Å². The van der Waals surface area contributed by atoms with Gasteiger partial charge in [0.15, 0.2) is 6.10 Å². The smallest absolute Gasteiger partial charge is 0.169 e. The van der Waals surface area contributed by atoms with E-state index in [1.165, 1.54) is 0 Å². The highest BCUT2D eigenvalue weighted by molar-refractivity contribution is 5.77. The average Bonchev–Trinajstić information content (AvgIpc) is 2.93. The Morgan fingerprint density at radius 3 is 2.71 bits per heavy atom. The number of aliphatic hydroxyl groups is 1. The van der Waals surface area contributed by atoms with Crippen LogP contribution in [0.4, 0.5) is 0 Å². The van der Waals surface area contributed by atoms with Crippen LogP contribution in [0.15, 0.2) is 51.5 Å². The number of benzene rings is 1. The van der Waals surface area contributed by atoms with Gasteiger partial charge in [0.05, 0.1) is 6.26 Å². The third-order valence-corrected chi connectivity index (χ3v) is 2.86. The summed E-state index contributed by atoms with van der Waals surface area (Å²) in [5.41, 5.74) is 1.68. The van der Waals surface area contributed by atoms with Crippen molar-refractivity contribution in [1.29, 1.82) is 0 Å². The first-order chi connectivity index (χ1) is 8.25. The highest BCUT2D eigenvalue weighted by Crippen LogP contribution is 2.29. The number of para-hydroxylation sites is 1. The van der Waals surface area contributed by atoms with E-state index in [0.29, 0.717) is 11.5 Å². The summed E-state index contributed by atoms with van der Waals surface area (Å²) in [4.78, 5) is 0. The number of furan rings is 2. The van der Waals surface area contributed by atoms with Crippen molar-refractivity contribution in [3.8, 4) is 0 Å². The molecule has 1 unspecified atom stereocenters. The molecule has 1 N–H and O–H groups in total. The zero-order valence-corrected chi connectivity index (χ0v) is 9.38. The minimum atomic E-state index is -0.850. The van der Waals surface area contributed by atoms with Crippen LogP contribution in [-0.4, -0.2) is 5.11 Å². The molecule has 3 nitrogen and oxygen atoms in total. The van der Waals surface area contributed by atoms with Crippen LogP contribution >= 0.6 is 0 Å². The van der Waals surface area contributed by atoms with E-state index in [-0.39, 0.29) is 0 Å². The zero-order chi connectivity index (χ0) is 11.8. The van der Waals surface area contributed by atoms with E-state index >= 15 is 0 Å². The van der Waals surface area contributed by atoms with Crippen molar-refractivity contribution in [2.45, 2.75) is 13.0 Å². The van der Waals surface area contributed by atoms with E-state index in [9.17, 15) is 5.11 Å². The average molecular weight is 228 g/mol. The summed E-state index contributed by atoms with van der Waals surface area (Å²) in [5.74, 6) is 1.04. The lowest BCUT2D eigenvalue weighted by Crippen LogP contribution is -1.97. The molecule has 86 valence electrons. The van der Waals surface area contributed by atoms with Gasteiger partial charge in [-0.25, -0.2) is 0 Å². The normalized spacial score (nSPS) is 13.1. The lowest BCUT2D eigenvalue weighted by molar-refractivity contribution is 0.164. The number of aliphatic hydroxyl groups excluding tert-OH is 1. The van der Waals surface area contributed by atoms with Crippen LogP contribution < -0.4 is 0 Å². The van der Waals surface area contributed by atoms with Crippen molar-refractivity contribution in [1.82, 2.24) is 0 Å². The Kier molecular flexibility index (Phi) is 2.27. The molecule has 0 saturated heterocycles. The van der Waals surface area contributed by atoms with Crippen LogP contribution in [-0.2, 0) is 0 Å². The van der Waals surface area contributed by atoms with Crippen LogP contribution in [0.3, 0.4) is 0 Å². The Hall–Kier alpha value is -2.00. The monoisotopic (exact) mass is 228 g/mol. The second-order valence-electron chi connectivity index (χ2n) is 4.06. The maximum absolute atomic E-state index is 10.2. The van der Waals surface area contributed by atoms with E-state index in [1.807, 2.05) is 43.3 Å². The number of rotatable bonds is 2. The van der Waals surface area contributed by atoms with E-state index < -0.39 is 6.10 Å². The van der Waals surface area contributed by atoms with Gasteiger partial charge >= 0.3 is 0 Å². The summed E-state index contributed by atoms with van der Waals surface area (Å²) in [6.07, 6.45) is 0.716. The molecule has 3 rings (SSSR count). The molecule has 0 spiro atoms. The highest BCUT2D eigenvalue weighted by Gasteiger charge is 2.20. The Morgan fingerprint density at radius 2 is 2.00 bits per heavy atom. The van der Waals surface area contributed by atoms with Crippen LogP contribution in [0, 0.1) is 6.92 Å². The third kappa shape index (κ3) is 1.65. The van der Waals surface area contributed by atoms with Crippen molar-refractivity contribution in [2.75, 3.05) is 0 Å². The number of hydrogen-bond acceptors (Lipinski definition) is 3. The molecule has 2 aromatic heterocycles. The van der Waals surface area contributed by atoms with Gasteiger partial charge in [0.25, 0.3) is 0 Å². The first-order valence-corrected chi connectivity index (χ1v) is 5.46. The topological polar surface area (TPSA) is 46.5 Å². The minimum Gasteiger partial charge on any atom is -0.466 e. The Labute approximate surface area is 98.3 Å². The van der Waals surface area contributed by atoms with Crippen LogP contribution in [0.2, 0.25) is 0 Å². The number of fused-ring (bicyclic) bond motifs is 1. The molecule has 0 bridgehead atoms. The number of hydrogen-bond donors (Lipinski definition) is 1. The molecule has 0 aliphatic rings. The first-order valence-electron chi connectivity index (χ1n) is 5.46. The summed E-state index contributed by atoms with van der Waals surface area (Å²) >= 11 is 0. The molecule has 0 fully saturated rings. The molecule has 0 radical (unpaired) electrons. The van der Waals surface area contributed by atoms with E-state index in [1.54, 1.807) is 6.26 Å². The Balaban J connectivity index is 2.07. The van der Waals surface area contributed by atoms with Gasteiger partial charge in [0.2, 0.25) is 0 Å². The van der Waals surface area contributed by atoms with E-state index in [2.05, 4.69) is 0 Å². The van der Waals surface area contributed by atoms with Gasteiger partial charge in [0, 0.05) is 5.39 Å². The maximum atomic E-state index is 10.2. The van der Waals surface area contributed by atoms with Gasteiger partial charge in [-0.2, -0.15) is 0 Å². The van der Waals surface area contributed by atoms with Crippen molar-refractivity contribution >= 4 is 11.0 Å². The second kappa shape index (κ2) is 3.79. The fraction of sp³-hybridized carbons (Fsp3) is 0.143. The molecule has 0 aliphatic heterocycles. The van der Waals surface area contributed by atoms with Gasteiger partial charge in [-0.1, -0.05) is 18.2 Å². The van der Waals surface area contributed by atoms with Crippen molar-refractivity contribution < 1.29 is 13.9 Å². The summed E-state index contributed by atoms with van der Waals surface area (Å²) in [7, 11) is 0. The van der Waals surface area contributed by atoms with E-state index in [0.717, 1.165) is 16.5 Å². The fourth-order valence-corrected chi connectivity index (χ4v) is 1.93. The van der Waals surface area contributed by atoms with Gasteiger partial charge < -0.3 is 13.9 Å². The van der Waals surface area contributed by atoms with Crippen molar-refractivity contribution in [3.05, 3.63) is 59.7 Å². The quantitative estimate of drug-likeness (QED) is 0.731. The largest absolute Gasteiger partial charge is 0.466 e. The van der Waals surface area contributed by atoms with Crippen molar-refractivity contribution in [2.24, 2.45) is 0 Å². The summed E-state index contributed by atoms with van der Waals surface area (Å²) < 4.78 is 10.9. The minimum absolute atomic E-state index is 0.504. The Morgan fingerprint density at radius 1 is 1.18 bits per heavy atom. The van der Waals surface area contributed by atoms with Crippen LogP contribution in [0.5, 0.6) is 0 Å². The van der Waals surface area contributed by atoms with Gasteiger partial charge in [-0.05, 0) is 30.7 Å². The maximum Gasteiger partial charge on any atom is 0.169 e. The third-order valence-electron chi connectivity index (χ3n) is 2.86. The molecular formula is C14H12O3. The van der Waals surface area contributed by atoms with Crippen molar-refractivity contribution in [3.63, 3.8) is 0 Å². The van der Waals surface area contributed by atoms with Gasteiger partial charge in [-0.3, -0.25) is 0 Å². The predicted molar refractivity (Wildman–Crippen MR) is 63.7 cm³/mol. The summed E-state index contributed by atoms with van der Waals surface area (Å²) in [6.45, 7) is 1.89. The fourth-order valence-electron chi connectivity index (χ4n) is 1.93. The number of aryl methyl sites for hydroxylation is 1. The van der Waals surface area contributed by atoms with Crippen LogP contribution in [0.1, 0.15) is 23.2 Å². The lowest BCUT2D eigenvalue weighted by atomic mass is 10.1. The summed E-state index contributed by atoms with van der Waals surface area (Å²) in [6, 6.07) is 11.3. The molecule has 0 aliphatic carbocycles. The Bertz CT molecular complexity index is 615. The SMILES string of the molecule is Cc1ccoc1C(O)c1cc2ccccc2o1. The van der Waals surface area contributed by atoms with Gasteiger partial charge in [-0.15, -0.1) is 0 Å². The molecule has 17 heavy (non-hydrogen) atoms. The zero-order valence-electron chi connectivity index (χ0n) is 9.38. The first kappa shape index (κ1) is 10.2. The molecule has 1 aromatic carbocycles. The molecular weight excluding hydrogens is 216 g/mol. The standard InChI is InChI=1S/C14H12O3/c1-9-6-7-16-14(9)13(15)12-8-10-4-2-3-5-11(10)17-12/h2-8,13,15H,1H3. The molecule has 2 heterocycles. The lowest BCUT2D eigenvalue weighted by Gasteiger charge is -2.04. The molecule has 3 heteroatoms. The van der Waals surface area contributed by atoms with E-state index in [4.69, 9.17) is 8.83 Å². The second-order valence-corrected chi connectivity index (χ2v) is 4.06. The molecule has 3 aromatic rings. The molecule has 0 saturated carbocycles. The van der Waals surface area contributed by atoms with Crippen LogP contribution in [0.25, 0.3) is 11.0 Å². The molecule has 1 atom stereocenters. The molecule has 0 amide bonds. The predicted octanol–water partition coefficient (Wildman–Crippen LogP) is 3.42. The summed E-state index contributed by atoms with van der Waals surface area (Å²) in [5, 5.41) is 11.2. The highest BCUT2D eigenvalue weighted by atomic mass is 16.4.